The zero-order valence-electron chi connectivity index (χ0n) is 13.7. The molecule has 132 valence electrons. The number of nitrogens with one attached hydrogen (secondary N) is 1. The van der Waals surface area contributed by atoms with Gasteiger partial charge < -0.3 is 21.3 Å². The Labute approximate surface area is 155 Å². The van der Waals surface area contributed by atoms with Crippen molar-refractivity contribution in [1.82, 2.24) is 0 Å². The Morgan fingerprint density at radius 3 is 2.80 bits per heavy atom. The van der Waals surface area contributed by atoms with Gasteiger partial charge in [-0.25, -0.2) is 0 Å². The third kappa shape index (κ3) is 5.92. The molecule has 6 heteroatoms. The molecule has 2 aromatic carbocycles. The van der Waals surface area contributed by atoms with E-state index in [4.69, 9.17) is 5.73 Å². The average molecular weight is 405 g/mol. The van der Waals surface area contributed by atoms with Gasteiger partial charge in [-0.05, 0) is 55.7 Å². The monoisotopic (exact) mass is 404 g/mol. The van der Waals surface area contributed by atoms with Gasteiger partial charge in [0.05, 0.1) is 17.5 Å². The lowest BCUT2D eigenvalue weighted by Crippen LogP contribution is -2.09. The minimum absolute atomic E-state index is 0.0751. The number of halogens is 1. The van der Waals surface area contributed by atoms with Crippen molar-refractivity contribution in [2.75, 3.05) is 11.1 Å². The van der Waals surface area contributed by atoms with E-state index in [0.29, 0.717) is 36.2 Å². The second-order valence-corrected chi connectivity index (χ2v) is 6.54. The average Bonchev–Trinajstić information content (AvgIpc) is 2.58. The normalized spacial score (nSPS) is 12.2. The van der Waals surface area contributed by atoms with Crippen LogP contribution in [0.2, 0.25) is 0 Å². The number of anilines is 2. The highest BCUT2D eigenvalue weighted by atomic mass is 79.9. The van der Waals surface area contributed by atoms with Crippen molar-refractivity contribution in [2.24, 2.45) is 0 Å². The highest BCUT2D eigenvalue weighted by Gasteiger charge is 2.12. The third-order valence-electron chi connectivity index (χ3n) is 3.68. The topological polar surface area (TPSA) is 95.6 Å². The largest absolute Gasteiger partial charge is 0.508 e. The molecule has 5 nitrogen and oxygen atoms in total. The summed E-state index contributed by atoms with van der Waals surface area (Å²) >= 11 is 3.32. The van der Waals surface area contributed by atoms with Crippen LogP contribution in [0.5, 0.6) is 5.75 Å². The van der Waals surface area contributed by atoms with Crippen molar-refractivity contribution in [3.63, 3.8) is 0 Å². The number of nitrogen functional groups attached to an aromatic ring is 1. The number of hydrogen-bond acceptors (Lipinski definition) is 4. The molecule has 0 spiro atoms. The Morgan fingerprint density at radius 2 is 2.04 bits per heavy atom. The summed E-state index contributed by atoms with van der Waals surface area (Å²) in [6.07, 6.45) is 4.27. The van der Waals surface area contributed by atoms with Gasteiger partial charge in [-0.3, -0.25) is 4.79 Å². The number of aromatic hydroxyl groups is 1. The molecular weight excluding hydrogens is 384 g/mol. The molecule has 0 aromatic heterocycles. The Morgan fingerprint density at radius 1 is 1.28 bits per heavy atom. The molecule has 0 aliphatic rings. The van der Waals surface area contributed by atoms with Gasteiger partial charge in [0.2, 0.25) is 5.91 Å². The SMILES string of the molecule is Nc1ccccc1NC(=O)/C=C/CCC[C@@H](O)c1cc(Br)ccc1O. The summed E-state index contributed by atoms with van der Waals surface area (Å²) in [6, 6.07) is 12.0. The number of amides is 1. The second kappa shape index (κ2) is 9.25. The number of aliphatic hydroxyl groups excluding tert-OH is 1. The van der Waals surface area contributed by atoms with Crippen LogP contribution in [0.15, 0.2) is 59.1 Å². The number of benzene rings is 2. The molecule has 0 unspecified atom stereocenters. The Bertz CT molecular complexity index is 762. The summed E-state index contributed by atoms with van der Waals surface area (Å²) in [7, 11) is 0. The minimum Gasteiger partial charge on any atom is -0.508 e. The molecule has 25 heavy (non-hydrogen) atoms. The first kappa shape index (κ1) is 19.0. The van der Waals surface area contributed by atoms with Crippen molar-refractivity contribution in [3.8, 4) is 5.75 Å². The number of phenols is 1. The Balaban J connectivity index is 1.76. The van der Waals surface area contributed by atoms with Crippen molar-refractivity contribution in [3.05, 3.63) is 64.7 Å². The Kier molecular flexibility index (Phi) is 7.03. The van der Waals surface area contributed by atoms with E-state index in [2.05, 4.69) is 21.2 Å². The molecular formula is C19H21BrN2O3. The van der Waals surface area contributed by atoms with E-state index in [1.165, 1.54) is 6.08 Å². The summed E-state index contributed by atoms with van der Waals surface area (Å²) in [5, 5.41) is 22.7. The van der Waals surface area contributed by atoms with E-state index in [0.717, 1.165) is 4.47 Å². The van der Waals surface area contributed by atoms with Gasteiger partial charge in [0, 0.05) is 10.0 Å². The van der Waals surface area contributed by atoms with Crippen molar-refractivity contribution < 1.29 is 15.0 Å². The van der Waals surface area contributed by atoms with Crippen LogP contribution in [0, 0.1) is 0 Å². The maximum atomic E-state index is 11.8. The van der Waals surface area contributed by atoms with E-state index in [1.807, 2.05) is 0 Å². The summed E-state index contributed by atoms with van der Waals surface area (Å²) in [5.41, 5.74) is 7.36. The van der Waals surface area contributed by atoms with Gasteiger partial charge in [-0.1, -0.05) is 34.1 Å². The molecule has 0 aliphatic carbocycles. The maximum Gasteiger partial charge on any atom is 0.248 e. The fraction of sp³-hybridized carbons (Fsp3) is 0.211. The summed E-state index contributed by atoms with van der Waals surface area (Å²) in [6.45, 7) is 0. The van der Waals surface area contributed by atoms with Crippen LogP contribution >= 0.6 is 15.9 Å². The van der Waals surface area contributed by atoms with Crippen LogP contribution in [-0.4, -0.2) is 16.1 Å². The lowest BCUT2D eigenvalue weighted by Gasteiger charge is -2.12. The number of aliphatic hydroxyl groups is 1. The molecule has 1 amide bonds. The molecule has 0 heterocycles. The van der Waals surface area contributed by atoms with Crippen LogP contribution in [0.3, 0.4) is 0 Å². The fourth-order valence-corrected chi connectivity index (χ4v) is 2.73. The van der Waals surface area contributed by atoms with Gasteiger partial charge in [0.1, 0.15) is 5.75 Å². The predicted octanol–water partition coefficient (Wildman–Crippen LogP) is 4.14. The van der Waals surface area contributed by atoms with Crippen LogP contribution in [0.25, 0.3) is 0 Å². The van der Waals surface area contributed by atoms with E-state index >= 15 is 0 Å². The van der Waals surface area contributed by atoms with E-state index in [-0.39, 0.29) is 11.7 Å². The highest BCUT2D eigenvalue weighted by molar-refractivity contribution is 9.10. The number of carbonyl (C=O) groups is 1. The zero-order valence-corrected chi connectivity index (χ0v) is 15.2. The van der Waals surface area contributed by atoms with Crippen LogP contribution in [0.1, 0.15) is 30.9 Å². The number of para-hydroxylation sites is 2. The maximum absolute atomic E-state index is 11.8. The van der Waals surface area contributed by atoms with Gasteiger partial charge in [-0.2, -0.15) is 0 Å². The quantitative estimate of drug-likeness (QED) is 0.316. The van der Waals surface area contributed by atoms with E-state index in [9.17, 15) is 15.0 Å². The van der Waals surface area contributed by atoms with Gasteiger partial charge in [-0.15, -0.1) is 0 Å². The smallest absolute Gasteiger partial charge is 0.248 e. The molecule has 5 N–H and O–H groups in total. The van der Waals surface area contributed by atoms with Crippen LogP contribution < -0.4 is 11.1 Å². The van der Waals surface area contributed by atoms with Crippen molar-refractivity contribution in [2.45, 2.75) is 25.4 Å². The highest BCUT2D eigenvalue weighted by Crippen LogP contribution is 2.30. The van der Waals surface area contributed by atoms with E-state index < -0.39 is 6.10 Å². The molecule has 0 aliphatic heterocycles. The fourth-order valence-electron chi connectivity index (χ4n) is 2.35. The van der Waals surface area contributed by atoms with Crippen molar-refractivity contribution >= 4 is 33.2 Å². The molecule has 0 saturated carbocycles. The van der Waals surface area contributed by atoms with Crippen LogP contribution in [-0.2, 0) is 4.79 Å². The number of unbranched alkanes of at least 4 members (excludes halogenated alkanes) is 1. The Hall–Kier alpha value is -2.31. The lowest BCUT2D eigenvalue weighted by molar-refractivity contribution is -0.111. The molecule has 2 rings (SSSR count). The van der Waals surface area contributed by atoms with Gasteiger partial charge in [0.15, 0.2) is 0 Å². The zero-order chi connectivity index (χ0) is 18.2. The molecule has 0 fully saturated rings. The lowest BCUT2D eigenvalue weighted by atomic mass is 10.0. The number of allylic oxidation sites excluding steroid dienone is 1. The summed E-state index contributed by atoms with van der Waals surface area (Å²) in [4.78, 5) is 11.8. The number of rotatable bonds is 7. The number of phenolic OH excluding ortho intramolecular Hbond substituents is 1. The first-order chi connectivity index (χ1) is 12.0. The first-order valence-corrected chi connectivity index (χ1v) is 8.75. The molecule has 0 radical (unpaired) electrons. The second-order valence-electron chi connectivity index (χ2n) is 5.63. The number of nitrogens with two attached hydrogens (primary N) is 1. The molecule has 1 atom stereocenters. The predicted molar refractivity (Wildman–Crippen MR) is 103 cm³/mol. The molecule has 0 bridgehead atoms. The minimum atomic E-state index is -0.746. The molecule has 2 aromatic rings. The summed E-state index contributed by atoms with van der Waals surface area (Å²) < 4.78 is 0.802. The standard InChI is InChI=1S/C19H21BrN2O3/c20-13-10-11-18(24)14(12-13)17(23)8-2-1-3-9-19(25)22-16-7-5-4-6-15(16)21/h3-7,9-12,17,23-24H,1-2,8,21H2,(H,22,25)/b9-3+/t17-/m1/s1. The number of hydrogen-bond donors (Lipinski definition) is 4. The summed E-state index contributed by atoms with van der Waals surface area (Å²) in [5.74, 6) is -0.172. The van der Waals surface area contributed by atoms with Gasteiger partial charge in [0.25, 0.3) is 0 Å². The molecule has 0 saturated heterocycles. The first-order valence-electron chi connectivity index (χ1n) is 7.96. The van der Waals surface area contributed by atoms with Gasteiger partial charge >= 0.3 is 0 Å². The van der Waals surface area contributed by atoms with Crippen molar-refractivity contribution in [1.29, 1.82) is 0 Å². The third-order valence-corrected chi connectivity index (χ3v) is 4.18. The van der Waals surface area contributed by atoms with Crippen LogP contribution in [0.4, 0.5) is 11.4 Å². The number of carbonyl (C=O) groups excluding carboxylic acids is 1. The van der Waals surface area contributed by atoms with E-state index in [1.54, 1.807) is 48.5 Å².